The van der Waals surface area contributed by atoms with Crippen molar-refractivity contribution >= 4 is 23.5 Å². The second kappa shape index (κ2) is 11.3. The van der Waals surface area contributed by atoms with Gasteiger partial charge in [0, 0.05) is 38.4 Å². The van der Waals surface area contributed by atoms with Gasteiger partial charge in [-0.1, -0.05) is 0 Å². The maximum atomic E-state index is 14.4. The van der Waals surface area contributed by atoms with Crippen LogP contribution < -0.4 is 10.3 Å². The van der Waals surface area contributed by atoms with E-state index in [9.17, 15) is 14.0 Å². The number of fused-ring (bicyclic) bond motifs is 1. The number of carbonyl (C=O) groups excluding carboxylic acids is 2. The Morgan fingerprint density at radius 2 is 2.08 bits per heavy atom. The molecule has 0 saturated carbocycles. The van der Waals surface area contributed by atoms with Crippen molar-refractivity contribution in [2.45, 2.75) is 58.6 Å². The van der Waals surface area contributed by atoms with Crippen molar-refractivity contribution in [3.63, 3.8) is 0 Å². The van der Waals surface area contributed by atoms with Gasteiger partial charge in [0.2, 0.25) is 0 Å². The second-order valence-corrected chi connectivity index (χ2v) is 10.2. The first-order valence-electron chi connectivity index (χ1n) is 12.7. The predicted octanol–water partition coefficient (Wildman–Crippen LogP) is 3.70. The molecule has 1 fully saturated rings. The number of anilines is 1. The summed E-state index contributed by atoms with van der Waals surface area (Å²) in [5.41, 5.74) is 4.28. The molecule has 4 rings (SSSR count). The number of pyridine rings is 1. The van der Waals surface area contributed by atoms with E-state index in [2.05, 4.69) is 20.4 Å². The van der Waals surface area contributed by atoms with Crippen molar-refractivity contribution in [3.8, 4) is 0 Å². The largest absolute Gasteiger partial charge is 0.462 e. The lowest BCUT2D eigenvalue weighted by atomic mass is 10.0. The predicted molar refractivity (Wildman–Crippen MR) is 138 cm³/mol. The monoisotopic (exact) mass is 527 g/mol. The van der Waals surface area contributed by atoms with Gasteiger partial charge in [-0.25, -0.2) is 28.5 Å². The van der Waals surface area contributed by atoms with Crippen molar-refractivity contribution in [2.75, 3.05) is 31.6 Å². The summed E-state index contributed by atoms with van der Waals surface area (Å²) >= 11 is 0. The van der Waals surface area contributed by atoms with Crippen LogP contribution in [-0.4, -0.2) is 69.0 Å². The molecule has 204 valence electrons. The molecule has 1 aliphatic heterocycles. The molecule has 1 N–H and O–H groups in total. The number of nitrogens with one attached hydrogen (secondary N) is 1. The first-order chi connectivity index (χ1) is 18.1. The third-order valence-electron chi connectivity index (χ3n) is 6.09. The molecule has 3 aromatic heterocycles. The van der Waals surface area contributed by atoms with Crippen LogP contribution in [0.2, 0.25) is 0 Å². The molecule has 0 bridgehead atoms. The van der Waals surface area contributed by atoms with Gasteiger partial charge in [-0.05, 0) is 58.2 Å². The van der Waals surface area contributed by atoms with E-state index >= 15 is 0 Å². The number of hydrogen-bond acceptors (Lipinski definition) is 9. The molecule has 0 spiro atoms. The van der Waals surface area contributed by atoms with Gasteiger partial charge in [0.25, 0.3) is 0 Å². The number of hydrogen-bond donors (Lipinski definition) is 1. The van der Waals surface area contributed by atoms with E-state index in [4.69, 9.17) is 14.5 Å². The van der Waals surface area contributed by atoms with Gasteiger partial charge in [0.05, 0.1) is 25.0 Å². The number of nitrogens with zero attached hydrogens (tertiary/aromatic N) is 6. The van der Waals surface area contributed by atoms with Gasteiger partial charge in [-0.15, -0.1) is 0 Å². The van der Waals surface area contributed by atoms with Crippen LogP contribution in [0.15, 0.2) is 30.7 Å². The Balaban J connectivity index is 1.54. The number of halogens is 1. The molecule has 1 aliphatic rings. The van der Waals surface area contributed by atoms with E-state index < -0.39 is 23.5 Å². The Kier molecular flexibility index (Phi) is 8.10. The molecular formula is C26H34FN7O4. The molecule has 38 heavy (non-hydrogen) atoms. The van der Waals surface area contributed by atoms with Crippen molar-refractivity contribution in [1.82, 2.24) is 30.0 Å². The van der Waals surface area contributed by atoms with Crippen LogP contribution in [0.1, 0.15) is 68.2 Å². The van der Waals surface area contributed by atoms with E-state index in [1.807, 2.05) is 6.07 Å². The Morgan fingerprint density at radius 1 is 1.29 bits per heavy atom. The fraction of sp³-hybridized carbons (Fsp3) is 0.500. The highest BCUT2D eigenvalue weighted by molar-refractivity contribution is 5.95. The zero-order chi connectivity index (χ0) is 27.4. The summed E-state index contributed by atoms with van der Waals surface area (Å²) in [4.78, 5) is 35.7. The molecule has 1 unspecified atom stereocenters. The van der Waals surface area contributed by atoms with Crippen molar-refractivity contribution in [1.29, 1.82) is 0 Å². The summed E-state index contributed by atoms with van der Waals surface area (Å²) in [5, 5.41) is 5.83. The van der Waals surface area contributed by atoms with Gasteiger partial charge in [-0.3, -0.25) is 10.4 Å². The molecule has 0 radical (unpaired) electrons. The van der Waals surface area contributed by atoms with Crippen molar-refractivity contribution in [2.24, 2.45) is 0 Å². The quantitative estimate of drug-likeness (QED) is 0.346. The number of rotatable bonds is 8. The van der Waals surface area contributed by atoms with Crippen molar-refractivity contribution in [3.05, 3.63) is 53.4 Å². The third kappa shape index (κ3) is 6.36. The standard InChI is InChI=1S/C26H34FN7O4/c1-6-37-24(35)19-16-29-34-13-10-22(30-23(19)34)33-11-7-8-21(33)18-14-17(27)15-28-20(18)9-12-32(5)31-25(36)38-26(2,3)4/h10,13-16,21H,6-9,11-12H2,1-5H3,(H,31,36). The number of amides is 1. The average Bonchev–Trinajstić information content (AvgIpc) is 3.49. The zero-order valence-electron chi connectivity index (χ0n) is 22.4. The van der Waals surface area contributed by atoms with E-state index in [0.29, 0.717) is 31.0 Å². The van der Waals surface area contributed by atoms with Crippen LogP contribution in [0.25, 0.3) is 5.65 Å². The van der Waals surface area contributed by atoms with Crippen LogP contribution >= 0.6 is 0 Å². The highest BCUT2D eigenvalue weighted by atomic mass is 19.1. The highest BCUT2D eigenvalue weighted by Gasteiger charge is 2.30. The van der Waals surface area contributed by atoms with Crippen LogP contribution in [0.3, 0.4) is 0 Å². The van der Waals surface area contributed by atoms with E-state index in [-0.39, 0.29) is 18.2 Å². The average molecular weight is 528 g/mol. The molecular weight excluding hydrogens is 493 g/mol. The minimum Gasteiger partial charge on any atom is -0.462 e. The topological polar surface area (TPSA) is 114 Å². The Labute approximate surface area is 220 Å². The highest BCUT2D eigenvalue weighted by Crippen LogP contribution is 2.37. The van der Waals surface area contributed by atoms with Crippen LogP contribution in [-0.2, 0) is 15.9 Å². The van der Waals surface area contributed by atoms with Gasteiger partial charge in [-0.2, -0.15) is 5.10 Å². The van der Waals surface area contributed by atoms with Crippen LogP contribution in [0.4, 0.5) is 15.0 Å². The van der Waals surface area contributed by atoms with Gasteiger partial charge < -0.3 is 14.4 Å². The smallest absolute Gasteiger partial charge is 0.422 e. The lowest BCUT2D eigenvalue weighted by Gasteiger charge is -2.28. The summed E-state index contributed by atoms with van der Waals surface area (Å²) in [6, 6.07) is 3.20. The molecule has 1 atom stereocenters. The number of aromatic nitrogens is 4. The van der Waals surface area contributed by atoms with Gasteiger partial charge in [0.1, 0.15) is 22.8 Å². The summed E-state index contributed by atoms with van der Waals surface area (Å²) in [7, 11) is 1.74. The maximum absolute atomic E-state index is 14.4. The molecule has 0 aromatic carbocycles. The van der Waals surface area contributed by atoms with Crippen LogP contribution in [0, 0.1) is 5.82 Å². The molecule has 3 aromatic rings. The maximum Gasteiger partial charge on any atom is 0.422 e. The fourth-order valence-corrected chi connectivity index (χ4v) is 4.50. The zero-order valence-corrected chi connectivity index (χ0v) is 22.4. The summed E-state index contributed by atoms with van der Waals surface area (Å²) in [6.45, 7) is 8.55. The molecule has 1 amide bonds. The normalized spacial score (nSPS) is 15.8. The van der Waals surface area contributed by atoms with Crippen LogP contribution in [0.5, 0.6) is 0 Å². The van der Waals surface area contributed by atoms with Gasteiger partial charge in [0.15, 0.2) is 5.65 Å². The molecule has 1 saturated heterocycles. The number of esters is 1. The Hall–Kier alpha value is -3.80. The third-order valence-corrected chi connectivity index (χ3v) is 6.09. The minimum absolute atomic E-state index is 0.152. The molecule has 0 aliphatic carbocycles. The lowest BCUT2D eigenvalue weighted by molar-refractivity contribution is 0.0369. The number of ether oxygens (including phenoxy) is 2. The van der Waals surface area contributed by atoms with E-state index in [0.717, 1.165) is 24.1 Å². The first kappa shape index (κ1) is 27.2. The summed E-state index contributed by atoms with van der Waals surface area (Å²) in [5.74, 6) is -0.240. The number of likely N-dealkylation sites (N-methyl/N-ethyl adjacent to an activating group) is 1. The number of carbonyl (C=O) groups is 2. The summed E-state index contributed by atoms with van der Waals surface area (Å²) in [6.07, 6.45) is 6.02. The van der Waals surface area contributed by atoms with Gasteiger partial charge >= 0.3 is 12.1 Å². The molecule has 12 heteroatoms. The Bertz CT molecular complexity index is 1310. The SMILES string of the molecule is CCOC(=O)c1cnn2ccc(N3CCCC3c3cc(F)cnc3CCN(C)NC(=O)OC(C)(C)C)nc12. The van der Waals surface area contributed by atoms with Crippen molar-refractivity contribution < 1.29 is 23.5 Å². The molecule has 11 nitrogen and oxygen atoms in total. The van der Waals surface area contributed by atoms with E-state index in [1.54, 1.807) is 45.9 Å². The lowest BCUT2D eigenvalue weighted by Crippen LogP contribution is -2.43. The summed E-state index contributed by atoms with van der Waals surface area (Å²) < 4.78 is 26.4. The Morgan fingerprint density at radius 3 is 2.82 bits per heavy atom. The molecule has 4 heterocycles. The first-order valence-corrected chi connectivity index (χ1v) is 12.7. The second-order valence-electron chi connectivity index (χ2n) is 10.2. The fourth-order valence-electron chi connectivity index (χ4n) is 4.50. The van der Waals surface area contributed by atoms with E-state index in [1.165, 1.54) is 23.0 Å². The number of hydrazine groups is 1. The minimum atomic E-state index is -0.604.